The molecule has 0 bridgehead atoms. The van der Waals surface area contributed by atoms with E-state index in [0.29, 0.717) is 5.56 Å². The van der Waals surface area contributed by atoms with Crippen LogP contribution in [0, 0.1) is 6.92 Å². The Morgan fingerprint density at radius 2 is 1.02 bits per heavy atom. The van der Waals surface area contributed by atoms with Crippen LogP contribution in [0.25, 0.3) is 0 Å². The lowest BCUT2D eigenvalue weighted by Gasteiger charge is -2.11. The summed E-state index contributed by atoms with van der Waals surface area (Å²) in [4.78, 5) is 71.0. The highest BCUT2D eigenvalue weighted by Crippen LogP contribution is 2.26. The fourth-order valence-electron chi connectivity index (χ4n) is 3.46. The molecular weight excluding hydrogens is 616 g/mol. The second-order valence-electron chi connectivity index (χ2n) is 9.13. The van der Waals surface area contributed by atoms with Gasteiger partial charge in [-0.1, -0.05) is 13.2 Å². The van der Waals surface area contributed by atoms with Crippen molar-refractivity contribution in [3.05, 3.63) is 109 Å². The van der Waals surface area contributed by atoms with Gasteiger partial charge in [0.05, 0.1) is 24.2 Å². The first-order chi connectivity index (χ1) is 22.6. The van der Waals surface area contributed by atoms with Gasteiger partial charge in [-0.2, -0.15) is 0 Å². The number of benzene rings is 3. The first kappa shape index (κ1) is 35.0. The molecule has 14 heteroatoms. The molecule has 0 atom stereocenters. The van der Waals surface area contributed by atoms with Gasteiger partial charge < -0.3 is 39.1 Å². The summed E-state index contributed by atoms with van der Waals surface area (Å²) in [6.07, 6.45) is 0.453. The third kappa shape index (κ3) is 11.9. The average molecular weight is 647 g/mol. The molecule has 3 aromatic rings. The van der Waals surface area contributed by atoms with Crippen molar-refractivity contribution in [2.45, 2.75) is 6.92 Å². The van der Waals surface area contributed by atoms with Crippen LogP contribution in [0.2, 0.25) is 0 Å². The number of ether oxygens (including phenoxy) is 6. The maximum Gasteiger partial charge on any atom is 0.412 e. The number of esters is 4. The molecule has 14 nitrogen and oxygen atoms in total. The lowest BCUT2D eigenvalue weighted by molar-refractivity contribution is -0.138. The monoisotopic (exact) mass is 646 g/mol. The summed E-state index contributed by atoms with van der Waals surface area (Å²) in [6.45, 7) is 8.14. The van der Waals surface area contributed by atoms with Crippen LogP contribution < -0.4 is 29.6 Å². The smallest absolute Gasteiger partial charge is 0.412 e. The molecule has 244 valence electrons. The number of hydrogen-bond donors (Lipinski definition) is 2. The van der Waals surface area contributed by atoms with Crippen LogP contribution in [0.1, 0.15) is 26.3 Å². The first-order valence-electron chi connectivity index (χ1n) is 13.8. The predicted molar refractivity (Wildman–Crippen MR) is 164 cm³/mol. The molecule has 0 fully saturated rings. The summed E-state index contributed by atoms with van der Waals surface area (Å²) in [5, 5.41) is 4.81. The van der Waals surface area contributed by atoms with E-state index < -0.39 is 36.1 Å². The molecule has 0 aromatic heterocycles. The van der Waals surface area contributed by atoms with Crippen molar-refractivity contribution in [2.24, 2.45) is 0 Å². The van der Waals surface area contributed by atoms with Crippen molar-refractivity contribution in [1.29, 1.82) is 0 Å². The van der Waals surface area contributed by atoms with Gasteiger partial charge in [0, 0.05) is 12.2 Å². The number of carbonyl (C=O) groups excluding carboxylic acids is 6. The summed E-state index contributed by atoms with van der Waals surface area (Å²) in [5.41, 5.74) is 0.872. The Bertz CT molecular complexity index is 1630. The van der Waals surface area contributed by atoms with Gasteiger partial charge in [0.25, 0.3) is 0 Å². The number of aryl methyl sites for hydroxylation is 1. The van der Waals surface area contributed by atoms with Crippen molar-refractivity contribution in [3.8, 4) is 23.0 Å². The molecule has 0 aliphatic heterocycles. The average Bonchev–Trinajstić information content (AvgIpc) is 3.06. The van der Waals surface area contributed by atoms with Crippen molar-refractivity contribution in [3.63, 3.8) is 0 Å². The zero-order valence-corrected chi connectivity index (χ0v) is 25.1. The summed E-state index contributed by atoms with van der Waals surface area (Å²) in [5.74, 6) is -1.83. The molecule has 0 heterocycles. The Hall–Kier alpha value is -6.44. The van der Waals surface area contributed by atoms with E-state index in [2.05, 4.69) is 23.8 Å². The fraction of sp³-hybridized carbons (Fsp3) is 0.152. The van der Waals surface area contributed by atoms with Gasteiger partial charge in [-0.3, -0.25) is 0 Å². The van der Waals surface area contributed by atoms with Gasteiger partial charge in [0.15, 0.2) is 0 Å². The van der Waals surface area contributed by atoms with Crippen LogP contribution in [0.3, 0.4) is 0 Å². The van der Waals surface area contributed by atoms with Crippen LogP contribution in [-0.2, 0) is 19.1 Å². The predicted octanol–water partition coefficient (Wildman–Crippen LogP) is 4.07. The molecule has 0 radical (unpaired) electrons. The molecule has 47 heavy (non-hydrogen) atoms. The number of hydrogen-bond acceptors (Lipinski definition) is 12. The minimum atomic E-state index is -0.778. The summed E-state index contributed by atoms with van der Waals surface area (Å²) in [7, 11) is 0. The summed E-state index contributed by atoms with van der Waals surface area (Å²) >= 11 is 0. The summed E-state index contributed by atoms with van der Waals surface area (Å²) in [6, 6.07) is 15.7. The summed E-state index contributed by atoms with van der Waals surface area (Å²) < 4.78 is 30.5. The Labute approximate surface area is 268 Å². The third-order valence-corrected chi connectivity index (χ3v) is 5.73. The van der Waals surface area contributed by atoms with E-state index in [0.717, 1.165) is 12.2 Å². The van der Waals surface area contributed by atoms with Crippen LogP contribution >= 0.6 is 0 Å². The molecule has 2 N–H and O–H groups in total. The quantitative estimate of drug-likeness (QED) is 0.111. The second-order valence-corrected chi connectivity index (χ2v) is 9.13. The van der Waals surface area contributed by atoms with E-state index in [1.165, 1.54) is 66.7 Å². The largest absolute Gasteiger partial charge is 0.461 e. The molecule has 3 aromatic carbocycles. The van der Waals surface area contributed by atoms with Crippen molar-refractivity contribution < 1.29 is 57.2 Å². The van der Waals surface area contributed by atoms with E-state index in [1.54, 1.807) is 6.92 Å². The minimum absolute atomic E-state index is 0.0330. The maximum atomic E-state index is 12.7. The zero-order chi connectivity index (χ0) is 34.2. The number of rotatable bonds is 14. The third-order valence-electron chi connectivity index (χ3n) is 5.73. The lowest BCUT2D eigenvalue weighted by atomic mass is 10.2. The first-order valence-corrected chi connectivity index (χ1v) is 13.8. The normalized spacial score (nSPS) is 9.98. The SMILES string of the molecule is C=CC(=O)OCCNC(=O)Oc1ccc(C(=O)Oc2ccc(OC(=O)c3ccc(OC(=O)NCCOC(=O)C=C)cc3)c(C)c2)cc1. The highest BCUT2D eigenvalue weighted by molar-refractivity contribution is 5.92. The topological polar surface area (TPSA) is 182 Å². The van der Waals surface area contributed by atoms with Crippen LogP contribution in [0.15, 0.2) is 92.0 Å². The van der Waals surface area contributed by atoms with E-state index in [1.807, 2.05) is 0 Å². The van der Waals surface area contributed by atoms with Gasteiger partial charge in [-0.25, -0.2) is 28.8 Å². The number of nitrogens with one attached hydrogen (secondary N) is 2. The fourth-order valence-corrected chi connectivity index (χ4v) is 3.46. The Morgan fingerprint density at radius 1 is 0.596 bits per heavy atom. The van der Waals surface area contributed by atoms with Crippen LogP contribution in [0.4, 0.5) is 9.59 Å². The van der Waals surface area contributed by atoms with Crippen LogP contribution in [-0.4, -0.2) is 62.4 Å². The number of amides is 2. The van der Waals surface area contributed by atoms with Gasteiger partial charge in [-0.15, -0.1) is 0 Å². The molecule has 2 amide bonds. The highest BCUT2D eigenvalue weighted by Gasteiger charge is 2.15. The molecular formula is C33H30N2O12. The van der Waals surface area contributed by atoms with E-state index in [4.69, 9.17) is 28.4 Å². The molecule has 0 spiro atoms. The van der Waals surface area contributed by atoms with Crippen molar-refractivity contribution >= 4 is 36.1 Å². The van der Waals surface area contributed by atoms with Gasteiger partial charge >= 0.3 is 36.1 Å². The van der Waals surface area contributed by atoms with E-state index in [-0.39, 0.29) is 60.4 Å². The van der Waals surface area contributed by atoms with Crippen LogP contribution in [0.5, 0.6) is 23.0 Å². The van der Waals surface area contributed by atoms with Gasteiger partial charge in [-0.05, 0) is 79.2 Å². The van der Waals surface area contributed by atoms with Crippen molar-refractivity contribution in [2.75, 3.05) is 26.3 Å². The Morgan fingerprint density at radius 3 is 1.45 bits per heavy atom. The zero-order valence-electron chi connectivity index (χ0n) is 25.1. The van der Waals surface area contributed by atoms with Gasteiger partial charge in [0.1, 0.15) is 36.2 Å². The van der Waals surface area contributed by atoms with E-state index in [9.17, 15) is 28.8 Å². The second kappa shape index (κ2) is 17.8. The standard InChI is InChI=1S/C33H30N2O12/c1-4-28(36)42-18-16-34-32(40)45-24-10-6-22(7-11-24)30(38)44-26-14-15-27(21(3)20-26)47-31(39)23-8-12-25(13-9-23)46-33(41)35-17-19-43-29(37)5-2/h4-15,20H,1-2,16-19H2,3H3,(H,34,40)(H,35,41). The molecule has 0 saturated heterocycles. The number of carbonyl (C=O) groups is 6. The Kier molecular flexibility index (Phi) is 13.2. The highest BCUT2D eigenvalue weighted by atomic mass is 16.6. The molecule has 0 aliphatic rings. The van der Waals surface area contributed by atoms with Crippen molar-refractivity contribution in [1.82, 2.24) is 10.6 Å². The molecule has 3 rings (SSSR count). The Balaban J connectivity index is 1.46. The lowest BCUT2D eigenvalue weighted by Crippen LogP contribution is -2.30. The van der Waals surface area contributed by atoms with Gasteiger partial charge in [0.2, 0.25) is 0 Å². The molecule has 0 unspecified atom stereocenters. The molecule has 0 aliphatic carbocycles. The maximum absolute atomic E-state index is 12.7. The molecule has 0 saturated carbocycles. The minimum Gasteiger partial charge on any atom is -0.461 e. The van der Waals surface area contributed by atoms with E-state index >= 15 is 0 Å².